The first kappa shape index (κ1) is 10.8. The first-order chi connectivity index (χ1) is 8.27. The lowest BCUT2D eigenvalue weighted by molar-refractivity contribution is 0.567. The van der Waals surface area contributed by atoms with E-state index in [-0.39, 0.29) is 0 Å². The van der Waals surface area contributed by atoms with Crippen LogP contribution in [0.3, 0.4) is 0 Å². The fraction of sp³-hybridized carbons (Fsp3) is 0.545. The van der Waals surface area contributed by atoms with E-state index >= 15 is 0 Å². The summed E-state index contributed by atoms with van der Waals surface area (Å²) in [6.07, 6.45) is 5.26. The maximum Gasteiger partial charge on any atom is 0.255 e. The number of anilines is 1. The monoisotopic (exact) mass is 251 g/mol. The van der Waals surface area contributed by atoms with Gasteiger partial charge in [-0.1, -0.05) is 11.6 Å². The summed E-state index contributed by atoms with van der Waals surface area (Å²) in [5.74, 6) is 1.61. The van der Waals surface area contributed by atoms with Gasteiger partial charge in [-0.15, -0.1) is 0 Å². The van der Waals surface area contributed by atoms with Crippen LogP contribution in [0.5, 0.6) is 0 Å². The Hall–Kier alpha value is -1.36. The third-order valence-corrected chi connectivity index (χ3v) is 3.60. The molecule has 1 aliphatic heterocycles. The SMILES string of the molecule is Cc1c(Cl)nc2ncnn2c1N1CCCCC1. The molecule has 0 spiro atoms. The molecule has 0 aliphatic carbocycles. The van der Waals surface area contributed by atoms with Gasteiger partial charge in [0, 0.05) is 18.7 Å². The first-order valence-electron chi connectivity index (χ1n) is 5.88. The Bertz CT molecular complexity index is 544. The molecule has 0 bridgehead atoms. The lowest BCUT2D eigenvalue weighted by Crippen LogP contribution is -2.32. The molecule has 0 aromatic carbocycles. The van der Waals surface area contributed by atoms with Crippen LogP contribution in [0.25, 0.3) is 5.78 Å². The van der Waals surface area contributed by atoms with Crippen LogP contribution < -0.4 is 4.90 Å². The van der Waals surface area contributed by atoms with Crippen molar-refractivity contribution in [3.05, 3.63) is 17.0 Å². The minimum Gasteiger partial charge on any atom is -0.356 e. The van der Waals surface area contributed by atoms with Crippen molar-refractivity contribution in [2.24, 2.45) is 0 Å². The van der Waals surface area contributed by atoms with Crippen molar-refractivity contribution >= 4 is 23.2 Å². The Morgan fingerprint density at radius 1 is 1.24 bits per heavy atom. The van der Waals surface area contributed by atoms with E-state index in [1.165, 1.54) is 25.6 Å². The highest BCUT2D eigenvalue weighted by Gasteiger charge is 2.19. The van der Waals surface area contributed by atoms with Gasteiger partial charge in [0.1, 0.15) is 17.3 Å². The van der Waals surface area contributed by atoms with Gasteiger partial charge >= 0.3 is 0 Å². The third kappa shape index (κ3) is 1.74. The highest BCUT2D eigenvalue weighted by molar-refractivity contribution is 6.30. The molecular weight excluding hydrogens is 238 g/mol. The standard InChI is InChI=1S/C11H14ClN5/c1-8-9(12)15-11-13-7-14-17(11)10(8)16-5-3-2-4-6-16/h7H,2-6H2,1H3. The second-order valence-electron chi connectivity index (χ2n) is 4.37. The molecule has 17 heavy (non-hydrogen) atoms. The van der Waals surface area contributed by atoms with E-state index in [4.69, 9.17) is 11.6 Å². The average molecular weight is 252 g/mol. The Labute approximate surface area is 104 Å². The lowest BCUT2D eigenvalue weighted by Gasteiger charge is -2.30. The molecule has 5 nitrogen and oxygen atoms in total. The third-order valence-electron chi connectivity index (χ3n) is 3.23. The van der Waals surface area contributed by atoms with Gasteiger partial charge in [0.15, 0.2) is 0 Å². The van der Waals surface area contributed by atoms with Gasteiger partial charge in [0.2, 0.25) is 0 Å². The Kier molecular flexibility index (Phi) is 2.63. The van der Waals surface area contributed by atoms with Gasteiger partial charge in [0.05, 0.1) is 0 Å². The molecule has 0 unspecified atom stereocenters. The van der Waals surface area contributed by atoms with Crippen molar-refractivity contribution < 1.29 is 0 Å². The summed E-state index contributed by atoms with van der Waals surface area (Å²) < 4.78 is 1.78. The van der Waals surface area contributed by atoms with Gasteiger partial charge < -0.3 is 4.90 Å². The van der Waals surface area contributed by atoms with E-state index in [1.807, 2.05) is 6.92 Å². The van der Waals surface area contributed by atoms with Crippen LogP contribution in [-0.4, -0.2) is 32.7 Å². The van der Waals surface area contributed by atoms with Crippen LogP contribution in [-0.2, 0) is 0 Å². The van der Waals surface area contributed by atoms with E-state index in [1.54, 1.807) is 4.52 Å². The summed E-state index contributed by atoms with van der Waals surface area (Å²) in [5, 5.41) is 4.76. The summed E-state index contributed by atoms with van der Waals surface area (Å²) in [6, 6.07) is 0. The summed E-state index contributed by atoms with van der Waals surface area (Å²) >= 11 is 6.15. The number of aromatic nitrogens is 4. The second kappa shape index (κ2) is 4.14. The lowest BCUT2D eigenvalue weighted by atomic mass is 10.1. The summed E-state index contributed by atoms with van der Waals surface area (Å²) in [4.78, 5) is 10.7. The highest BCUT2D eigenvalue weighted by Crippen LogP contribution is 2.27. The predicted molar refractivity (Wildman–Crippen MR) is 66.6 cm³/mol. The number of nitrogens with zero attached hydrogens (tertiary/aromatic N) is 5. The van der Waals surface area contributed by atoms with Crippen molar-refractivity contribution in [3.63, 3.8) is 0 Å². The van der Waals surface area contributed by atoms with Crippen LogP contribution in [0.15, 0.2) is 6.33 Å². The van der Waals surface area contributed by atoms with Gasteiger partial charge in [0.25, 0.3) is 5.78 Å². The van der Waals surface area contributed by atoms with E-state index in [0.29, 0.717) is 10.9 Å². The molecule has 6 heteroatoms. The molecule has 0 radical (unpaired) electrons. The molecule has 1 aliphatic rings. The van der Waals surface area contributed by atoms with E-state index in [0.717, 1.165) is 24.5 Å². The largest absolute Gasteiger partial charge is 0.356 e. The summed E-state index contributed by atoms with van der Waals surface area (Å²) in [7, 11) is 0. The summed E-state index contributed by atoms with van der Waals surface area (Å²) in [5.41, 5.74) is 0.978. The van der Waals surface area contributed by atoms with Crippen LogP contribution in [0.1, 0.15) is 24.8 Å². The minimum atomic E-state index is 0.520. The number of rotatable bonds is 1. The van der Waals surface area contributed by atoms with Crippen molar-refractivity contribution in [2.45, 2.75) is 26.2 Å². The van der Waals surface area contributed by atoms with Crippen LogP contribution >= 0.6 is 11.6 Å². The molecule has 0 saturated carbocycles. The fourth-order valence-corrected chi connectivity index (χ4v) is 2.52. The van der Waals surface area contributed by atoms with Crippen LogP contribution in [0.4, 0.5) is 5.82 Å². The van der Waals surface area contributed by atoms with Crippen LogP contribution in [0, 0.1) is 6.92 Å². The maximum absolute atomic E-state index is 6.15. The number of hydrogen-bond donors (Lipinski definition) is 0. The van der Waals surface area contributed by atoms with Gasteiger partial charge in [-0.3, -0.25) is 0 Å². The average Bonchev–Trinajstić information content (AvgIpc) is 2.79. The predicted octanol–water partition coefficient (Wildman–Crippen LogP) is 2.08. The topological polar surface area (TPSA) is 46.3 Å². The second-order valence-corrected chi connectivity index (χ2v) is 4.73. The molecule has 90 valence electrons. The molecular formula is C11H14ClN5. The fourth-order valence-electron chi connectivity index (χ4n) is 2.36. The Morgan fingerprint density at radius 2 is 2.00 bits per heavy atom. The minimum absolute atomic E-state index is 0.520. The Morgan fingerprint density at radius 3 is 2.76 bits per heavy atom. The van der Waals surface area contributed by atoms with Gasteiger partial charge in [-0.25, -0.2) is 0 Å². The molecule has 1 fully saturated rings. The highest BCUT2D eigenvalue weighted by atomic mass is 35.5. The maximum atomic E-state index is 6.15. The molecule has 0 amide bonds. The number of piperidine rings is 1. The van der Waals surface area contributed by atoms with Gasteiger partial charge in [-0.2, -0.15) is 19.6 Å². The molecule has 2 aromatic rings. The zero-order valence-corrected chi connectivity index (χ0v) is 10.5. The van der Waals surface area contributed by atoms with Crippen LogP contribution in [0.2, 0.25) is 5.15 Å². The smallest absolute Gasteiger partial charge is 0.255 e. The number of fused-ring (bicyclic) bond motifs is 1. The normalized spacial score (nSPS) is 16.7. The summed E-state index contributed by atoms with van der Waals surface area (Å²) in [6.45, 7) is 4.09. The molecule has 0 N–H and O–H groups in total. The van der Waals surface area contributed by atoms with E-state index < -0.39 is 0 Å². The number of halogens is 1. The van der Waals surface area contributed by atoms with Gasteiger partial charge in [-0.05, 0) is 26.2 Å². The molecule has 2 aromatic heterocycles. The number of hydrogen-bond acceptors (Lipinski definition) is 4. The van der Waals surface area contributed by atoms with Crippen molar-refractivity contribution in [1.82, 2.24) is 19.6 Å². The van der Waals surface area contributed by atoms with Crippen molar-refractivity contribution in [3.8, 4) is 0 Å². The molecule has 0 atom stereocenters. The molecule has 3 heterocycles. The van der Waals surface area contributed by atoms with E-state index in [9.17, 15) is 0 Å². The van der Waals surface area contributed by atoms with Crippen molar-refractivity contribution in [2.75, 3.05) is 18.0 Å². The van der Waals surface area contributed by atoms with E-state index in [2.05, 4.69) is 20.0 Å². The zero-order chi connectivity index (χ0) is 11.8. The quantitative estimate of drug-likeness (QED) is 0.728. The first-order valence-corrected chi connectivity index (χ1v) is 6.26. The molecule has 3 rings (SSSR count). The molecule has 1 saturated heterocycles. The zero-order valence-electron chi connectivity index (χ0n) is 9.73. The van der Waals surface area contributed by atoms with Crippen molar-refractivity contribution in [1.29, 1.82) is 0 Å². The Balaban J connectivity index is 2.18.